The largest absolute Gasteiger partial charge is 0.424 e. The van der Waals surface area contributed by atoms with Crippen LogP contribution in [0.2, 0.25) is 0 Å². The van der Waals surface area contributed by atoms with E-state index in [0.717, 1.165) is 78.5 Å². The van der Waals surface area contributed by atoms with Gasteiger partial charge in [0, 0.05) is 25.1 Å². The predicted molar refractivity (Wildman–Crippen MR) is 136 cm³/mol. The van der Waals surface area contributed by atoms with Gasteiger partial charge >= 0.3 is 5.97 Å². The zero-order chi connectivity index (χ0) is 23.5. The number of carbonyl (C=O) groups is 1. The van der Waals surface area contributed by atoms with Crippen molar-refractivity contribution in [1.29, 1.82) is 0 Å². The Hall–Kier alpha value is -2.89. The first-order chi connectivity index (χ1) is 16.7. The maximum atomic E-state index is 12.7. The van der Waals surface area contributed by atoms with E-state index < -0.39 is 0 Å². The molecular formula is C28H36N4O2. The van der Waals surface area contributed by atoms with Crippen LogP contribution in [-0.2, 0) is 11.2 Å². The average molecular weight is 461 g/mol. The maximum Gasteiger partial charge on any atom is 0.311 e. The van der Waals surface area contributed by atoms with E-state index in [1.807, 2.05) is 24.4 Å². The molecule has 0 aliphatic heterocycles. The highest BCUT2D eigenvalue weighted by Gasteiger charge is 2.25. The van der Waals surface area contributed by atoms with Gasteiger partial charge in [0.1, 0.15) is 16.9 Å². The molecule has 0 amide bonds. The van der Waals surface area contributed by atoms with Crippen LogP contribution in [0.4, 0.5) is 0 Å². The van der Waals surface area contributed by atoms with Crippen LogP contribution in [-0.4, -0.2) is 24.9 Å². The molecule has 1 aliphatic carbocycles. The van der Waals surface area contributed by atoms with Crippen molar-refractivity contribution in [3.8, 4) is 5.75 Å². The lowest BCUT2D eigenvalue weighted by molar-refractivity contribution is -0.134. The Morgan fingerprint density at radius 2 is 1.76 bits per heavy atom. The van der Waals surface area contributed by atoms with E-state index in [2.05, 4.69) is 28.9 Å². The van der Waals surface area contributed by atoms with Crippen LogP contribution in [0.3, 0.4) is 0 Å². The first-order valence-electron chi connectivity index (χ1n) is 13.2. The van der Waals surface area contributed by atoms with Gasteiger partial charge in [0.05, 0.1) is 11.0 Å². The molecule has 0 radical (unpaired) electrons. The average Bonchev–Trinajstić information content (AvgIpc) is 3.28. The maximum absolute atomic E-state index is 12.7. The van der Waals surface area contributed by atoms with E-state index in [4.69, 9.17) is 14.7 Å². The number of imidazole rings is 1. The fourth-order valence-corrected chi connectivity index (χ4v) is 5.33. The minimum Gasteiger partial charge on any atom is -0.424 e. The molecule has 1 saturated carbocycles. The highest BCUT2D eigenvalue weighted by atomic mass is 16.5. The van der Waals surface area contributed by atoms with Crippen LogP contribution in [0.15, 0.2) is 30.5 Å². The van der Waals surface area contributed by atoms with Crippen LogP contribution in [0.1, 0.15) is 96.3 Å². The Bertz CT molecular complexity index is 1290. The third-order valence-corrected chi connectivity index (χ3v) is 7.18. The van der Waals surface area contributed by atoms with Gasteiger partial charge in [0.2, 0.25) is 0 Å². The molecule has 180 valence electrons. The van der Waals surface area contributed by atoms with Crippen molar-refractivity contribution in [2.24, 2.45) is 0 Å². The number of hydrogen-bond acceptors (Lipinski definition) is 4. The molecule has 34 heavy (non-hydrogen) atoms. The van der Waals surface area contributed by atoms with E-state index in [0.29, 0.717) is 18.2 Å². The number of para-hydroxylation sites is 2. The first kappa shape index (κ1) is 22.9. The number of esters is 1. The number of aromatic nitrogens is 4. The van der Waals surface area contributed by atoms with Gasteiger partial charge in [-0.05, 0) is 37.8 Å². The highest BCUT2D eigenvalue weighted by Crippen LogP contribution is 2.38. The second-order valence-electron chi connectivity index (χ2n) is 9.71. The summed E-state index contributed by atoms with van der Waals surface area (Å²) in [5, 5.41) is 0.866. The molecule has 0 bridgehead atoms. The summed E-state index contributed by atoms with van der Waals surface area (Å²) in [6.45, 7) is 4.30. The van der Waals surface area contributed by atoms with Gasteiger partial charge in [-0.1, -0.05) is 64.5 Å². The van der Waals surface area contributed by atoms with Crippen LogP contribution < -0.4 is 4.74 Å². The lowest BCUT2D eigenvalue weighted by atomic mass is 10.1. The molecule has 6 nitrogen and oxygen atoms in total. The molecule has 5 rings (SSSR count). The van der Waals surface area contributed by atoms with Gasteiger partial charge in [0.25, 0.3) is 0 Å². The van der Waals surface area contributed by atoms with Gasteiger partial charge < -0.3 is 9.30 Å². The molecule has 0 N–H and O–H groups in total. The number of benzene rings is 1. The number of rotatable bonds is 8. The van der Waals surface area contributed by atoms with Crippen LogP contribution in [0.25, 0.3) is 27.7 Å². The summed E-state index contributed by atoms with van der Waals surface area (Å²) in [4.78, 5) is 23.0. The van der Waals surface area contributed by atoms with Gasteiger partial charge in [-0.3, -0.25) is 9.20 Å². The van der Waals surface area contributed by atoms with Crippen molar-refractivity contribution in [1.82, 2.24) is 18.9 Å². The van der Waals surface area contributed by atoms with Crippen molar-refractivity contribution in [3.05, 3.63) is 36.3 Å². The molecule has 0 atom stereocenters. The minimum absolute atomic E-state index is 0.175. The van der Waals surface area contributed by atoms with E-state index in [1.54, 1.807) is 0 Å². The van der Waals surface area contributed by atoms with E-state index in [-0.39, 0.29) is 5.97 Å². The van der Waals surface area contributed by atoms with Gasteiger partial charge in [0.15, 0.2) is 11.4 Å². The molecule has 0 saturated heterocycles. The summed E-state index contributed by atoms with van der Waals surface area (Å²) in [5.41, 5.74) is 3.77. The Balaban J connectivity index is 1.75. The Morgan fingerprint density at radius 3 is 2.53 bits per heavy atom. The zero-order valence-electron chi connectivity index (χ0n) is 20.6. The van der Waals surface area contributed by atoms with Crippen LogP contribution in [0, 0.1) is 0 Å². The normalized spacial score (nSPS) is 15.4. The first-order valence-corrected chi connectivity index (χ1v) is 13.2. The number of nitrogens with zero attached hydrogens (tertiary/aromatic N) is 4. The van der Waals surface area contributed by atoms with Crippen LogP contribution in [0.5, 0.6) is 5.75 Å². The number of carbonyl (C=O) groups excluding carboxylic acids is 1. The summed E-state index contributed by atoms with van der Waals surface area (Å²) in [6.07, 6.45) is 14.7. The number of unbranched alkanes of at least 4 members (excludes halogenated alkanes) is 2. The Labute approximate surface area is 201 Å². The van der Waals surface area contributed by atoms with Gasteiger partial charge in [-0.2, -0.15) is 0 Å². The summed E-state index contributed by atoms with van der Waals surface area (Å²) < 4.78 is 10.5. The molecule has 3 heterocycles. The third kappa shape index (κ3) is 4.30. The number of ether oxygens (including phenoxy) is 1. The van der Waals surface area contributed by atoms with Gasteiger partial charge in [-0.25, -0.2) is 9.97 Å². The van der Waals surface area contributed by atoms with Crippen molar-refractivity contribution >= 4 is 33.7 Å². The highest BCUT2D eigenvalue weighted by molar-refractivity contribution is 6.01. The minimum atomic E-state index is -0.175. The SMILES string of the molecule is CCCCC(=O)Oc1cn(C2CCCCCC2)c2nc(CCCC)n3c4ccccc4nc3c12. The van der Waals surface area contributed by atoms with E-state index in [9.17, 15) is 4.79 Å². The molecule has 0 spiro atoms. The molecule has 1 aromatic carbocycles. The van der Waals surface area contributed by atoms with Gasteiger partial charge in [-0.15, -0.1) is 0 Å². The molecular weight excluding hydrogens is 424 g/mol. The zero-order valence-corrected chi connectivity index (χ0v) is 20.6. The number of fused-ring (bicyclic) bond motifs is 5. The monoisotopic (exact) mass is 460 g/mol. The van der Waals surface area contributed by atoms with Crippen molar-refractivity contribution in [2.75, 3.05) is 0 Å². The molecule has 1 aliphatic rings. The summed E-state index contributed by atoms with van der Waals surface area (Å²) in [5.74, 6) is 1.47. The number of aryl methyl sites for hydroxylation is 1. The van der Waals surface area contributed by atoms with E-state index >= 15 is 0 Å². The Morgan fingerprint density at radius 1 is 1.00 bits per heavy atom. The number of hydrogen-bond donors (Lipinski definition) is 0. The molecule has 1 fully saturated rings. The predicted octanol–water partition coefficient (Wildman–Crippen LogP) is 7.17. The lowest BCUT2D eigenvalue weighted by Gasteiger charge is -2.17. The lowest BCUT2D eigenvalue weighted by Crippen LogP contribution is -2.10. The standard InChI is InChI=1S/C28H36N4O2/c1-3-5-17-24-30-27-26(28-29-21-15-11-12-16-22(21)32(24)28)23(34-25(33)18-6-4-2)19-31(27)20-13-9-7-8-10-14-20/h11-12,15-16,19-20H,3-10,13-14,17-18H2,1-2H3. The summed E-state index contributed by atoms with van der Waals surface area (Å²) in [6, 6.07) is 8.60. The smallest absolute Gasteiger partial charge is 0.311 e. The molecule has 3 aromatic heterocycles. The molecule has 0 unspecified atom stereocenters. The third-order valence-electron chi connectivity index (χ3n) is 7.18. The topological polar surface area (TPSA) is 61.4 Å². The van der Waals surface area contributed by atoms with Crippen molar-refractivity contribution < 1.29 is 9.53 Å². The second kappa shape index (κ2) is 10.2. The summed E-state index contributed by atoms with van der Waals surface area (Å²) >= 11 is 0. The van der Waals surface area contributed by atoms with Crippen LogP contribution >= 0.6 is 0 Å². The summed E-state index contributed by atoms with van der Waals surface area (Å²) in [7, 11) is 0. The van der Waals surface area contributed by atoms with E-state index in [1.165, 1.54) is 25.7 Å². The molecule has 6 heteroatoms. The Kier molecular flexibility index (Phi) is 6.84. The fraction of sp³-hybridized carbons (Fsp3) is 0.536. The molecule has 4 aromatic rings. The fourth-order valence-electron chi connectivity index (χ4n) is 5.33. The van der Waals surface area contributed by atoms with Crippen molar-refractivity contribution in [2.45, 2.75) is 96.9 Å². The second-order valence-corrected chi connectivity index (χ2v) is 9.71. The van der Waals surface area contributed by atoms with Crippen molar-refractivity contribution in [3.63, 3.8) is 0 Å². The quantitative estimate of drug-likeness (QED) is 0.206.